The number of rotatable bonds is 6. The number of aromatic nitrogens is 2. The zero-order chi connectivity index (χ0) is 24.4. The number of aliphatic hydroxyl groups is 1. The van der Waals surface area contributed by atoms with Crippen LogP contribution in [0.3, 0.4) is 0 Å². The van der Waals surface area contributed by atoms with E-state index in [0.29, 0.717) is 35.8 Å². The number of nitriles is 1. The maximum absolute atomic E-state index is 13.5. The zero-order valence-electron chi connectivity index (χ0n) is 21.2. The molecule has 188 valence electrons. The van der Waals surface area contributed by atoms with E-state index >= 15 is 0 Å². The van der Waals surface area contributed by atoms with E-state index in [1.54, 1.807) is 29.8 Å². The van der Waals surface area contributed by atoms with Gasteiger partial charge in [0.1, 0.15) is 6.07 Å². The van der Waals surface area contributed by atoms with Gasteiger partial charge in [-0.2, -0.15) is 10.4 Å². The lowest BCUT2D eigenvalue weighted by molar-refractivity contribution is -0.156. The molecule has 4 fully saturated rings. The molecule has 5 aliphatic carbocycles. The van der Waals surface area contributed by atoms with E-state index in [0.717, 1.165) is 38.5 Å². The molecule has 1 heterocycles. The monoisotopic (exact) mass is 477 g/mol. The minimum absolute atomic E-state index is 0.0703. The standard InChI is InChI=1S/C29H39N3O3/c1-27-10-9-24-22(23(27)7-8-25(27)26(33)17-32-16-19(14-30)15-31-32)6-5-21-13-28(34,18-35-2)11-12-29(21,24)20-3-4-20/h3,15-16,21-25,34H,4-13,17-18H2,1-2H3/t21-,22+,23+,24+,25-,27+,28-,29-/m1/s1. The van der Waals surface area contributed by atoms with Gasteiger partial charge in [0.05, 0.1) is 30.5 Å². The predicted octanol–water partition coefficient (Wildman–Crippen LogP) is 4.67. The minimum atomic E-state index is -0.669. The third-order valence-corrected chi connectivity index (χ3v) is 11.2. The van der Waals surface area contributed by atoms with Gasteiger partial charge >= 0.3 is 0 Å². The highest BCUT2D eigenvalue weighted by Crippen LogP contribution is 2.71. The quantitative estimate of drug-likeness (QED) is 0.602. The molecule has 5 aliphatic rings. The van der Waals surface area contributed by atoms with Gasteiger partial charge in [0.15, 0.2) is 5.78 Å². The summed E-state index contributed by atoms with van der Waals surface area (Å²) >= 11 is 0. The van der Waals surface area contributed by atoms with Crippen LogP contribution in [-0.2, 0) is 16.1 Å². The molecule has 0 aromatic carbocycles. The van der Waals surface area contributed by atoms with Crippen LogP contribution in [0.4, 0.5) is 0 Å². The van der Waals surface area contributed by atoms with E-state index < -0.39 is 5.60 Å². The highest BCUT2D eigenvalue weighted by Gasteiger charge is 2.64. The first-order valence-corrected chi connectivity index (χ1v) is 13.7. The van der Waals surface area contributed by atoms with Crippen LogP contribution in [0.2, 0.25) is 0 Å². The van der Waals surface area contributed by atoms with Crippen molar-refractivity contribution < 1.29 is 14.6 Å². The summed E-state index contributed by atoms with van der Waals surface area (Å²) in [7, 11) is 1.70. The number of carbonyl (C=O) groups is 1. The van der Waals surface area contributed by atoms with Gasteiger partial charge in [-0.15, -0.1) is 0 Å². The third kappa shape index (κ3) is 3.56. The van der Waals surface area contributed by atoms with E-state index in [1.165, 1.54) is 25.7 Å². The molecule has 1 aromatic heterocycles. The van der Waals surface area contributed by atoms with Crippen LogP contribution in [0.1, 0.15) is 76.7 Å². The molecule has 1 aromatic rings. The second kappa shape index (κ2) is 8.28. The maximum atomic E-state index is 13.5. The summed E-state index contributed by atoms with van der Waals surface area (Å²) in [6.45, 7) is 3.13. The minimum Gasteiger partial charge on any atom is -0.387 e. The van der Waals surface area contributed by atoms with Crippen molar-refractivity contribution in [2.75, 3.05) is 13.7 Å². The van der Waals surface area contributed by atoms with Crippen molar-refractivity contribution in [2.45, 2.75) is 83.3 Å². The number of ether oxygens (including phenoxy) is 1. The number of hydrogen-bond donors (Lipinski definition) is 1. The molecule has 0 bridgehead atoms. The molecule has 0 amide bonds. The van der Waals surface area contributed by atoms with Crippen LogP contribution in [0.25, 0.3) is 0 Å². The molecule has 6 rings (SSSR count). The van der Waals surface area contributed by atoms with Gasteiger partial charge in [-0.3, -0.25) is 9.48 Å². The lowest BCUT2D eigenvalue weighted by atomic mass is 9.42. The van der Waals surface area contributed by atoms with Gasteiger partial charge in [0, 0.05) is 19.2 Å². The summed E-state index contributed by atoms with van der Waals surface area (Å²) < 4.78 is 7.06. The second-order valence-corrected chi connectivity index (χ2v) is 12.7. The van der Waals surface area contributed by atoms with Crippen LogP contribution in [0, 0.1) is 51.8 Å². The highest BCUT2D eigenvalue weighted by molar-refractivity contribution is 5.82. The van der Waals surface area contributed by atoms with Crippen LogP contribution in [-0.4, -0.2) is 40.0 Å². The number of hydrogen-bond acceptors (Lipinski definition) is 5. The van der Waals surface area contributed by atoms with Crippen LogP contribution in [0.15, 0.2) is 24.0 Å². The SMILES string of the molecule is COC[C@@]1(O)CC[C@@]2(C3=CC3)[C@H](CC[C@H]3[C@@H]4CC[C@H](C(=O)Cn5cc(C#N)cn5)[C@@]4(C)CC[C@@H]32)C1. The van der Waals surface area contributed by atoms with Crippen molar-refractivity contribution in [1.29, 1.82) is 5.26 Å². The molecule has 8 atom stereocenters. The van der Waals surface area contributed by atoms with Crippen LogP contribution in [0.5, 0.6) is 0 Å². The van der Waals surface area contributed by atoms with Crippen molar-refractivity contribution in [3.05, 3.63) is 29.6 Å². The fourth-order valence-electron chi connectivity index (χ4n) is 9.76. The van der Waals surface area contributed by atoms with Crippen molar-refractivity contribution in [3.8, 4) is 6.07 Å². The average molecular weight is 478 g/mol. The molecule has 0 saturated heterocycles. The Labute approximate surface area is 208 Å². The predicted molar refractivity (Wildman–Crippen MR) is 131 cm³/mol. The summed E-state index contributed by atoms with van der Waals surface area (Å²) in [4.78, 5) is 13.5. The number of Topliss-reactive ketones (excluding diaryl/α,β-unsaturated/α-hetero) is 1. The van der Waals surface area contributed by atoms with Crippen molar-refractivity contribution in [1.82, 2.24) is 9.78 Å². The van der Waals surface area contributed by atoms with Gasteiger partial charge in [0.2, 0.25) is 0 Å². The summed E-state index contributed by atoms with van der Waals surface area (Å²) in [5.41, 5.74) is 1.86. The van der Waals surface area contributed by atoms with E-state index in [9.17, 15) is 9.90 Å². The van der Waals surface area contributed by atoms with Crippen molar-refractivity contribution in [2.24, 2.45) is 40.4 Å². The Balaban J connectivity index is 1.23. The normalized spacial score (nSPS) is 43.9. The topological polar surface area (TPSA) is 88.1 Å². The first-order valence-electron chi connectivity index (χ1n) is 13.7. The number of nitrogens with zero attached hydrogens (tertiary/aromatic N) is 3. The Hall–Kier alpha value is -1.97. The fourth-order valence-corrected chi connectivity index (χ4v) is 9.76. The van der Waals surface area contributed by atoms with Gasteiger partial charge in [-0.1, -0.05) is 18.6 Å². The lowest BCUT2D eigenvalue weighted by Crippen LogP contribution is -2.58. The summed E-state index contributed by atoms with van der Waals surface area (Å²) in [6.07, 6.45) is 16.6. The number of carbonyl (C=O) groups excluding carboxylic acids is 1. The van der Waals surface area contributed by atoms with Gasteiger partial charge in [-0.05, 0) is 98.7 Å². The molecule has 35 heavy (non-hydrogen) atoms. The van der Waals surface area contributed by atoms with Crippen LogP contribution >= 0.6 is 0 Å². The number of fused-ring (bicyclic) bond motifs is 5. The van der Waals surface area contributed by atoms with Crippen molar-refractivity contribution >= 4 is 5.78 Å². The summed E-state index contributed by atoms with van der Waals surface area (Å²) in [6, 6.07) is 2.10. The fraction of sp³-hybridized carbons (Fsp3) is 0.759. The van der Waals surface area contributed by atoms with Gasteiger partial charge < -0.3 is 9.84 Å². The number of allylic oxidation sites excluding steroid dienone is 2. The van der Waals surface area contributed by atoms with E-state index in [4.69, 9.17) is 10.00 Å². The third-order valence-electron chi connectivity index (χ3n) is 11.2. The Morgan fingerprint density at radius 2 is 2.06 bits per heavy atom. The average Bonchev–Trinajstić information content (AvgIpc) is 3.49. The Kier molecular flexibility index (Phi) is 5.54. The summed E-state index contributed by atoms with van der Waals surface area (Å²) in [5, 5.41) is 24.6. The summed E-state index contributed by atoms with van der Waals surface area (Å²) in [5.74, 6) is 2.93. The lowest BCUT2D eigenvalue weighted by Gasteiger charge is -2.62. The van der Waals surface area contributed by atoms with E-state index in [1.807, 2.05) is 0 Å². The van der Waals surface area contributed by atoms with Gasteiger partial charge in [0.25, 0.3) is 0 Å². The Morgan fingerprint density at radius 3 is 2.77 bits per heavy atom. The first kappa shape index (κ1) is 23.4. The number of ketones is 1. The Morgan fingerprint density at radius 1 is 1.23 bits per heavy atom. The molecular weight excluding hydrogens is 438 g/mol. The molecule has 4 saturated carbocycles. The number of methoxy groups -OCH3 is 1. The molecule has 0 unspecified atom stereocenters. The molecule has 6 nitrogen and oxygen atoms in total. The smallest absolute Gasteiger partial charge is 0.157 e. The van der Waals surface area contributed by atoms with Gasteiger partial charge in [-0.25, -0.2) is 0 Å². The van der Waals surface area contributed by atoms with Crippen molar-refractivity contribution in [3.63, 3.8) is 0 Å². The molecule has 6 heteroatoms. The molecule has 0 radical (unpaired) electrons. The first-order chi connectivity index (χ1) is 16.8. The molecule has 0 aliphatic heterocycles. The van der Waals surface area contributed by atoms with E-state index in [2.05, 4.69) is 24.2 Å². The van der Waals surface area contributed by atoms with Crippen LogP contribution < -0.4 is 0 Å². The zero-order valence-corrected chi connectivity index (χ0v) is 21.2. The van der Waals surface area contributed by atoms with E-state index in [-0.39, 0.29) is 29.1 Å². The molecule has 1 N–H and O–H groups in total. The molecular formula is C29H39N3O3. The maximum Gasteiger partial charge on any atom is 0.157 e. The highest BCUT2D eigenvalue weighted by atomic mass is 16.5. The largest absolute Gasteiger partial charge is 0.387 e. The molecule has 0 spiro atoms. The second-order valence-electron chi connectivity index (χ2n) is 12.7. The Bertz CT molecular complexity index is 1090.